The molecule has 4 heteroatoms. The summed E-state index contributed by atoms with van der Waals surface area (Å²) >= 11 is 3.43. The van der Waals surface area contributed by atoms with Crippen molar-refractivity contribution < 1.29 is 9.68 Å². The minimum Gasteiger partial charge on any atom is -0.537 e. The summed E-state index contributed by atoms with van der Waals surface area (Å²) in [7, 11) is 0.783. The average Bonchev–Trinajstić information content (AvgIpc) is 1.51. The molecule has 8 fully saturated rings. The van der Waals surface area contributed by atoms with E-state index in [4.69, 9.17) is 4.65 Å². The lowest BCUT2D eigenvalue weighted by Gasteiger charge is -2.61. The zero-order chi connectivity index (χ0) is 71.3. The van der Waals surface area contributed by atoms with Gasteiger partial charge in [-0.15, -0.1) is 0 Å². The van der Waals surface area contributed by atoms with E-state index >= 15 is 0 Å². The molecule has 10 aliphatic carbocycles. The highest BCUT2D eigenvalue weighted by atomic mass is 79.9. The van der Waals surface area contributed by atoms with Gasteiger partial charge in [0.2, 0.25) is 0 Å². The first-order valence-electron chi connectivity index (χ1n) is 39.7. The van der Waals surface area contributed by atoms with Crippen LogP contribution in [0.4, 0.5) is 0 Å². The van der Waals surface area contributed by atoms with Crippen molar-refractivity contribution in [1.82, 2.24) is 0 Å². The molecular weight excluding hydrogens is 1370 g/mol. The van der Waals surface area contributed by atoms with Gasteiger partial charge in [0.1, 0.15) is 5.75 Å². The van der Waals surface area contributed by atoms with Gasteiger partial charge in [-0.05, 0) is 296 Å². The van der Waals surface area contributed by atoms with Crippen LogP contribution >= 0.6 is 15.9 Å². The van der Waals surface area contributed by atoms with Gasteiger partial charge in [0.05, 0.1) is 0 Å². The predicted octanol–water partition coefficient (Wildman–Crippen LogP) is 27.4. The van der Waals surface area contributed by atoms with Crippen LogP contribution in [0, 0.1) is 47.3 Å². The molecule has 0 heterocycles. The van der Waals surface area contributed by atoms with E-state index in [1.165, 1.54) is 185 Å². The molecule has 108 heavy (non-hydrogen) atoms. The Morgan fingerprint density at radius 1 is 0.259 bits per heavy atom. The van der Waals surface area contributed by atoms with E-state index in [1.807, 2.05) is 12.1 Å². The molecular formula is C104H81BBrO2. The lowest BCUT2D eigenvalue weighted by molar-refractivity contribution is -0.0399. The summed E-state index contributed by atoms with van der Waals surface area (Å²) in [5, 5.41) is 24.1. The van der Waals surface area contributed by atoms with E-state index in [0.29, 0.717) is 5.75 Å². The third-order valence-electron chi connectivity index (χ3n) is 27.9. The quantitative estimate of drug-likeness (QED) is 0.127. The van der Waals surface area contributed by atoms with Crippen LogP contribution in [0.3, 0.4) is 0 Å². The van der Waals surface area contributed by atoms with Gasteiger partial charge in [-0.3, -0.25) is 0 Å². The number of rotatable bonds is 7. The largest absolute Gasteiger partial charge is 0.569 e. The van der Waals surface area contributed by atoms with E-state index in [0.717, 1.165) is 81.0 Å². The second-order valence-corrected chi connectivity index (χ2v) is 33.9. The summed E-state index contributed by atoms with van der Waals surface area (Å²) < 4.78 is 6.81. The van der Waals surface area contributed by atoms with Crippen LogP contribution in [0.25, 0.3) is 143 Å². The van der Waals surface area contributed by atoms with Crippen LogP contribution in [0.1, 0.15) is 86.5 Å². The molecule has 0 saturated heterocycles. The Hall–Kier alpha value is -10.6. The fourth-order valence-electron chi connectivity index (χ4n) is 24.2. The molecule has 0 unspecified atom stereocenters. The first-order valence-corrected chi connectivity index (χ1v) is 40.5. The lowest BCUT2D eigenvalue weighted by Crippen LogP contribution is -2.55. The zero-order valence-electron chi connectivity index (χ0n) is 60.5. The molecule has 16 aromatic rings. The normalized spacial score (nSPS) is 23.2. The van der Waals surface area contributed by atoms with Gasteiger partial charge < -0.3 is 9.68 Å². The molecule has 0 aliphatic heterocycles. The Balaban J connectivity index is 0.000000118. The highest BCUT2D eigenvalue weighted by Crippen LogP contribution is 2.71. The first-order chi connectivity index (χ1) is 53.3. The Morgan fingerprint density at radius 3 is 0.981 bits per heavy atom. The second kappa shape index (κ2) is 25.5. The maximum Gasteiger partial charge on any atom is 0.569 e. The van der Waals surface area contributed by atoms with Crippen molar-refractivity contribution in [2.24, 2.45) is 47.3 Å². The number of hydrogen-bond donors (Lipinski definition) is 1. The molecule has 8 saturated carbocycles. The van der Waals surface area contributed by atoms with Gasteiger partial charge in [0, 0.05) is 26.1 Å². The lowest BCUT2D eigenvalue weighted by atomic mass is 9.43. The highest BCUT2D eigenvalue weighted by molar-refractivity contribution is 9.10. The molecule has 1 radical (unpaired) electrons. The molecule has 2 spiro atoms. The van der Waals surface area contributed by atoms with Crippen molar-refractivity contribution >= 4 is 88.2 Å². The fraction of sp³-hybridized carbons (Fsp3) is 0.192. The van der Waals surface area contributed by atoms with Gasteiger partial charge in [-0.2, -0.15) is 0 Å². The zero-order valence-corrected chi connectivity index (χ0v) is 62.1. The van der Waals surface area contributed by atoms with Crippen LogP contribution in [0.5, 0.6) is 5.75 Å². The second-order valence-electron chi connectivity index (χ2n) is 33.0. The van der Waals surface area contributed by atoms with Crippen LogP contribution in [-0.4, -0.2) is 12.7 Å². The van der Waals surface area contributed by atoms with E-state index in [1.54, 1.807) is 22.3 Å². The van der Waals surface area contributed by atoms with E-state index in [-0.39, 0.29) is 10.8 Å². The van der Waals surface area contributed by atoms with Crippen LogP contribution in [-0.2, 0) is 10.8 Å². The average molecular weight is 1450 g/mol. The number of benzene rings is 16. The third-order valence-corrected chi connectivity index (χ3v) is 28.3. The molecule has 1 N–H and O–H groups in total. The van der Waals surface area contributed by atoms with Crippen LogP contribution < -0.4 is 4.65 Å². The number of fused-ring (bicyclic) bond motifs is 12. The topological polar surface area (TPSA) is 29.5 Å². The number of halogens is 1. The SMILES string of the molecule is Brc1ccc2ccccc2c1.O[B]Oc1c2ccccc2c(-c2ccc(-c3ccc4c(c3)C3(c5ccccc5-4)C4CC5CC(C4)CC3C5)cc2)c2ccccc12.c1ccc2c(c1)-c1ccc(-c3ccc(-c4c5ccccc5c(-c5ccc6ccccc6c5)c5ccccc45)cc3)cc1C21C2CC3CC(C2)CC1C3. The van der Waals surface area contributed by atoms with Crippen molar-refractivity contribution in [2.45, 2.75) is 75.0 Å². The number of hydrogen-bond acceptors (Lipinski definition) is 2. The van der Waals surface area contributed by atoms with Crippen molar-refractivity contribution in [3.63, 3.8) is 0 Å². The Kier molecular flexibility index (Phi) is 15.3. The van der Waals surface area contributed by atoms with E-state index in [9.17, 15) is 5.02 Å². The summed E-state index contributed by atoms with van der Waals surface area (Å²) in [5.41, 5.74) is 25.6. The molecule has 0 atom stereocenters. The van der Waals surface area contributed by atoms with Gasteiger partial charge >= 0.3 is 7.69 Å². The van der Waals surface area contributed by atoms with E-state index < -0.39 is 0 Å². The highest BCUT2D eigenvalue weighted by Gasteiger charge is 2.63. The fourth-order valence-corrected chi connectivity index (χ4v) is 24.5. The van der Waals surface area contributed by atoms with Crippen molar-refractivity contribution in [3.05, 3.63) is 342 Å². The smallest absolute Gasteiger partial charge is 0.537 e. The summed E-state index contributed by atoms with van der Waals surface area (Å²) in [5.74, 6) is 7.58. The molecule has 16 aromatic carbocycles. The Morgan fingerprint density at radius 2 is 0.565 bits per heavy atom. The molecule has 26 rings (SSSR count). The molecule has 8 bridgehead atoms. The summed E-state index contributed by atoms with van der Waals surface area (Å²) in [4.78, 5) is 0. The molecule has 0 amide bonds. The minimum absolute atomic E-state index is 0.183. The maximum atomic E-state index is 9.57. The monoisotopic (exact) mass is 1450 g/mol. The molecule has 519 valence electrons. The van der Waals surface area contributed by atoms with Crippen molar-refractivity contribution in [3.8, 4) is 83.6 Å². The predicted molar refractivity (Wildman–Crippen MR) is 454 cm³/mol. The first kappa shape index (κ1) is 64.6. The van der Waals surface area contributed by atoms with Crippen LogP contribution in [0.2, 0.25) is 0 Å². The van der Waals surface area contributed by atoms with Crippen molar-refractivity contribution in [2.75, 3.05) is 0 Å². The van der Waals surface area contributed by atoms with Gasteiger partial charge in [0.15, 0.2) is 0 Å². The van der Waals surface area contributed by atoms with Gasteiger partial charge in [-0.1, -0.05) is 301 Å². The van der Waals surface area contributed by atoms with Gasteiger partial charge in [0.25, 0.3) is 0 Å². The van der Waals surface area contributed by atoms with Gasteiger partial charge in [-0.25, -0.2) is 0 Å². The van der Waals surface area contributed by atoms with Crippen molar-refractivity contribution in [1.29, 1.82) is 0 Å². The Labute approximate surface area is 641 Å². The molecule has 2 nitrogen and oxygen atoms in total. The summed E-state index contributed by atoms with van der Waals surface area (Å²) in [6, 6.07) is 117. The van der Waals surface area contributed by atoms with Crippen LogP contribution in [0.15, 0.2) is 320 Å². The maximum absolute atomic E-state index is 9.57. The van der Waals surface area contributed by atoms with E-state index in [2.05, 4.69) is 319 Å². The molecule has 0 aromatic heterocycles. The standard InChI is InChI=1S/C52H40.C42H34BO2.C10H7Br/c1-2-10-37-30-39(22-19-34(37)9-1)51-46-14-5-3-12-44(46)50(45-13-4-6-15-47(45)51)36-20-17-35(18-21-36)38-23-24-43-42-11-7-8-16-48(42)52(49(43)31-38)40-26-32-25-33(28-40)29-41(52)27-32;44-43-45-41-36-10-3-1-8-34(36)40(35-9-2-4-11-37(35)41)28-15-13-27(14-16-28)29-17-18-33-32-7-5-6-12-38(32)42(39(33)24-29)30-20-25-19-26(22-30)23-31(42)21-25;11-10-6-5-8-3-1-2-4-9(8)7-10/h1-24,30-33,40-41H,25-29H2;1-18,24-26,30-31,44H,19-23H2;1-7H. The minimum atomic E-state index is 0.183. The summed E-state index contributed by atoms with van der Waals surface area (Å²) in [6.07, 6.45) is 14.3. The summed E-state index contributed by atoms with van der Waals surface area (Å²) in [6.45, 7) is 0. The molecule has 10 aliphatic rings. The third kappa shape index (κ3) is 9.94. The Bertz CT molecular complexity index is 6150.